The predicted octanol–water partition coefficient (Wildman–Crippen LogP) is 8.57. The quantitative estimate of drug-likeness (QED) is 0.105. The number of amides is 1. The molecular formula is C45H47BrN6O7S. The first-order valence-corrected chi connectivity index (χ1v) is 21.6. The van der Waals surface area contributed by atoms with Crippen molar-refractivity contribution in [2.45, 2.75) is 56.8 Å². The summed E-state index contributed by atoms with van der Waals surface area (Å²) in [6.07, 6.45) is -0.330. The Morgan fingerprint density at radius 2 is 1.27 bits per heavy atom. The van der Waals surface area contributed by atoms with Gasteiger partial charge in [0.05, 0.1) is 27.9 Å². The highest BCUT2D eigenvalue weighted by atomic mass is 79.9. The molecule has 312 valence electrons. The highest BCUT2D eigenvalue weighted by Crippen LogP contribution is 2.43. The van der Waals surface area contributed by atoms with E-state index in [2.05, 4.69) is 31.5 Å². The summed E-state index contributed by atoms with van der Waals surface area (Å²) in [5.74, 6) is 2.43. The summed E-state index contributed by atoms with van der Waals surface area (Å²) < 4.78 is 56.1. The molecule has 1 amide bonds. The van der Waals surface area contributed by atoms with E-state index in [1.165, 1.54) is 4.31 Å². The summed E-state index contributed by atoms with van der Waals surface area (Å²) in [5.41, 5.74) is 4.62. The summed E-state index contributed by atoms with van der Waals surface area (Å²) >= 11 is 3.67. The van der Waals surface area contributed by atoms with Gasteiger partial charge in [-0.2, -0.15) is 4.31 Å². The van der Waals surface area contributed by atoms with E-state index in [1.54, 1.807) is 37.0 Å². The van der Waals surface area contributed by atoms with Gasteiger partial charge in [0.2, 0.25) is 10.0 Å². The van der Waals surface area contributed by atoms with E-state index in [9.17, 15) is 4.79 Å². The third kappa shape index (κ3) is 9.48. The molecule has 0 unspecified atom stereocenters. The zero-order chi connectivity index (χ0) is 42.6. The minimum Gasteiger partial charge on any atom is -0.497 e. The Bertz CT molecular complexity index is 2490. The molecule has 2 heterocycles. The van der Waals surface area contributed by atoms with Gasteiger partial charge in [0.1, 0.15) is 27.7 Å². The monoisotopic (exact) mass is 894 g/mol. The van der Waals surface area contributed by atoms with Crippen molar-refractivity contribution in [3.05, 3.63) is 136 Å². The Hall–Kier alpha value is -5.77. The van der Waals surface area contributed by atoms with E-state index in [0.29, 0.717) is 45.9 Å². The molecule has 13 nitrogen and oxygen atoms in total. The fourth-order valence-electron chi connectivity index (χ4n) is 6.99. The van der Waals surface area contributed by atoms with Crippen LogP contribution in [0.1, 0.15) is 48.9 Å². The van der Waals surface area contributed by atoms with Gasteiger partial charge in [-0.1, -0.05) is 66.7 Å². The molecular weight excluding hydrogens is 849 g/mol. The molecule has 7 rings (SSSR count). The summed E-state index contributed by atoms with van der Waals surface area (Å²) in [6.45, 7) is 7.01. The fraction of sp³-hybridized carbons (Fsp3) is 0.289. The van der Waals surface area contributed by atoms with E-state index in [0.717, 1.165) is 27.8 Å². The molecule has 0 radical (unpaired) electrons. The molecule has 1 saturated heterocycles. The molecule has 60 heavy (non-hydrogen) atoms. The van der Waals surface area contributed by atoms with Crippen molar-refractivity contribution in [1.29, 1.82) is 0 Å². The third-order valence-corrected chi connectivity index (χ3v) is 13.0. The second-order valence-electron chi connectivity index (χ2n) is 15.5. The molecule has 0 atom stereocenters. The van der Waals surface area contributed by atoms with Crippen LogP contribution in [0.3, 0.4) is 0 Å². The lowest BCUT2D eigenvalue weighted by Crippen LogP contribution is -2.50. The van der Waals surface area contributed by atoms with Gasteiger partial charge >= 0.3 is 6.09 Å². The van der Waals surface area contributed by atoms with Crippen LogP contribution in [-0.2, 0) is 34.4 Å². The van der Waals surface area contributed by atoms with Crippen LogP contribution in [0.5, 0.6) is 17.2 Å². The van der Waals surface area contributed by atoms with Crippen LogP contribution < -0.4 is 14.2 Å². The van der Waals surface area contributed by atoms with E-state index < -0.39 is 15.6 Å². The second-order valence-corrected chi connectivity index (χ2v) is 18.2. The molecule has 5 aromatic carbocycles. The lowest BCUT2D eigenvalue weighted by molar-refractivity contribution is 0.00819. The van der Waals surface area contributed by atoms with Crippen LogP contribution in [0, 0.1) is 0 Å². The number of aromatic nitrogens is 4. The first kappa shape index (κ1) is 42.4. The van der Waals surface area contributed by atoms with Crippen molar-refractivity contribution in [2.75, 3.05) is 34.4 Å². The zero-order valence-electron chi connectivity index (χ0n) is 34.3. The smallest absolute Gasteiger partial charge is 0.410 e. The average Bonchev–Trinajstić information content (AvgIpc) is 3.68. The number of methoxy groups -OCH3 is 3. The van der Waals surface area contributed by atoms with E-state index in [1.807, 2.05) is 124 Å². The standard InChI is InChI=1S/C45H47BrN6O7S/c1-45(2,3)59-44(53)50-28-35(29-50)33-13-15-34(16-14-33)39-23-24-40(46)42(41(39)43-47-48-49-52(43)27-32-11-21-38(58-6)22-12-32)60(54,55)51(25-30-7-17-36(56-4)18-8-30)26-31-9-19-37(57-5)20-10-31/h7-24,35H,25-29H2,1-6H3. The molecule has 0 aliphatic carbocycles. The topological polar surface area (TPSA) is 138 Å². The molecule has 0 bridgehead atoms. The van der Waals surface area contributed by atoms with E-state index >= 15 is 8.42 Å². The van der Waals surface area contributed by atoms with Crippen molar-refractivity contribution in [2.24, 2.45) is 0 Å². The van der Waals surface area contributed by atoms with Crippen molar-refractivity contribution in [3.8, 4) is 39.8 Å². The Labute approximate surface area is 359 Å². The normalized spacial score (nSPS) is 13.2. The largest absolute Gasteiger partial charge is 0.497 e. The van der Waals surface area contributed by atoms with Gasteiger partial charge < -0.3 is 23.8 Å². The Morgan fingerprint density at radius 3 is 1.77 bits per heavy atom. The van der Waals surface area contributed by atoms with Crippen molar-refractivity contribution in [1.82, 2.24) is 29.4 Å². The summed E-state index contributed by atoms with van der Waals surface area (Å²) in [7, 11) is 0.443. The number of ether oxygens (including phenoxy) is 4. The Kier molecular flexibility index (Phi) is 12.6. The van der Waals surface area contributed by atoms with E-state index in [4.69, 9.17) is 18.9 Å². The van der Waals surface area contributed by atoms with Gasteiger partial charge in [0.15, 0.2) is 5.82 Å². The second kappa shape index (κ2) is 17.8. The number of carbonyl (C=O) groups excluding carboxylic acids is 1. The molecule has 0 saturated carbocycles. The van der Waals surface area contributed by atoms with Crippen molar-refractivity contribution >= 4 is 32.0 Å². The van der Waals surface area contributed by atoms with Crippen LogP contribution in [0.2, 0.25) is 0 Å². The van der Waals surface area contributed by atoms with Gasteiger partial charge in [0.25, 0.3) is 0 Å². The number of tetrazole rings is 1. The average molecular weight is 896 g/mol. The number of nitrogens with zero attached hydrogens (tertiary/aromatic N) is 6. The number of carbonyl (C=O) groups is 1. The fourth-order valence-corrected chi connectivity index (χ4v) is 9.60. The molecule has 15 heteroatoms. The maximum Gasteiger partial charge on any atom is 0.410 e. The summed E-state index contributed by atoms with van der Waals surface area (Å²) in [4.78, 5) is 14.3. The lowest BCUT2D eigenvalue weighted by atomic mass is 9.90. The molecule has 1 aliphatic rings. The highest BCUT2D eigenvalue weighted by Gasteiger charge is 2.36. The lowest BCUT2D eigenvalue weighted by Gasteiger charge is -2.40. The maximum atomic E-state index is 15.5. The number of hydrogen-bond acceptors (Lipinski definition) is 10. The number of halogens is 1. The van der Waals surface area contributed by atoms with Crippen LogP contribution in [0.4, 0.5) is 4.79 Å². The predicted molar refractivity (Wildman–Crippen MR) is 231 cm³/mol. The van der Waals surface area contributed by atoms with E-state index in [-0.39, 0.29) is 42.4 Å². The number of sulfonamides is 1. The van der Waals surface area contributed by atoms with Gasteiger partial charge in [-0.05, 0) is 123 Å². The first-order valence-electron chi connectivity index (χ1n) is 19.3. The number of likely N-dealkylation sites (tertiary alicyclic amines) is 1. The van der Waals surface area contributed by atoms with Gasteiger partial charge in [-0.15, -0.1) is 5.10 Å². The van der Waals surface area contributed by atoms with Gasteiger partial charge in [-0.3, -0.25) is 0 Å². The SMILES string of the molecule is COc1ccc(CN(Cc2ccc(OC)cc2)S(=O)(=O)c2c(Br)ccc(-c3ccc(C4CN(C(=O)OC(C)(C)C)C4)cc3)c2-c2nnnn2Cc2ccc(OC)cc2)cc1. The minimum absolute atomic E-state index is 0.0175. The third-order valence-electron chi connectivity index (χ3n) is 10.2. The molecule has 6 aromatic rings. The number of hydrogen-bond donors (Lipinski definition) is 0. The number of rotatable bonds is 14. The summed E-state index contributed by atoms with van der Waals surface area (Å²) in [5, 5.41) is 12.9. The van der Waals surface area contributed by atoms with Gasteiger partial charge in [0, 0.05) is 42.1 Å². The molecule has 0 N–H and O–H groups in total. The molecule has 1 aliphatic heterocycles. The van der Waals surface area contributed by atoms with Crippen molar-refractivity contribution in [3.63, 3.8) is 0 Å². The van der Waals surface area contributed by atoms with Crippen LogP contribution in [0.15, 0.2) is 119 Å². The minimum atomic E-state index is -4.34. The molecule has 1 aromatic heterocycles. The number of benzene rings is 5. The van der Waals surface area contributed by atoms with Crippen molar-refractivity contribution < 1.29 is 32.2 Å². The first-order chi connectivity index (χ1) is 28.8. The summed E-state index contributed by atoms with van der Waals surface area (Å²) in [6, 6.07) is 33.8. The van der Waals surface area contributed by atoms with Crippen LogP contribution in [0.25, 0.3) is 22.5 Å². The van der Waals surface area contributed by atoms with Crippen LogP contribution >= 0.6 is 15.9 Å². The Balaban J connectivity index is 1.32. The zero-order valence-corrected chi connectivity index (χ0v) is 36.7. The van der Waals surface area contributed by atoms with Gasteiger partial charge in [-0.25, -0.2) is 17.9 Å². The maximum absolute atomic E-state index is 15.5. The molecule has 1 fully saturated rings. The highest BCUT2D eigenvalue weighted by molar-refractivity contribution is 9.10. The Morgan fingerprint density at radius 1 is 0.750 bits per heavy atom. The molecule has 0 spiro atoms. The van der Waals surface area contributed by atoms with Crippen LogP contribution in [-0.4, -0.2) is 83.9 Å².